The summed E-state index contributed by atoms with van der Waals surface area (Å²) in [6.07, 6.45) is -0.885. The summed E-state index contributed by atoms with van der Waals surface area (Å²) in [5, 5.41) is 22.9. The molecule has 3 N–H and O–H groups in total. The van der Waals surface area contributed by atoms with Crippen LogP contribution in [0.5, 0.6) is 17.2 Å². The van der Waals surface area contributed by atoms with Crippen LogP contribution in [0.1, 0.15) is 12.5 Å². The van der Waals surface area contributed by atoms with Crippen molar-refractivity contribution in [3.63, 3.8) is 0 Å². The first kappa shape index (κ1) is 33.8. The molecule has 5 rings (SSSR count). The number of nitrogens with one attached hydrogen (secondary N) is 2. The third-order valence-corrected chi connectivity index (χ3v) is 7.93. The van der Waals surface area contributed by atoms with E-state index in [4.69, 9.17) is 55.9 Å². The molecule has 2 unspecified atom stereocenters. The molecule has 0 spiro atoms. The zero-order valence-electron chi connectivity index (χ0n) is 25.0. The highest BCUT2D eigenvalue weighted by Crippen LogP contribution is 2.38. The van der Waals surface area contributed by atoms with Gasteiger partial charge in [-0.2, -0.15) is 10.2 Å². The van der Waals surface area contributed by atoms with E-state index in [9.17, 15) is 14.7 Å². The van der Waals surface area contributed by atoms with Crippen molar-refractivity contribution in [2.45, 2.75) is 26.0 Å². The first-order valence-electron chi connectivity index (χ1n) is 13.9. The standard InChI is InChI=1S/C32H26Cl4N6O5/c1-16-12-22(9-11-27(16)43)47-17(2)31(44)37-20-6-10-23(34)26(15-20)38-30-28(40-39-19-4-7-21(46-3)8-5-19)32(45)42(41-30)29-24(35)13-18(33)14-25(29)36/h4-15,17,28,43H,1-3H3,(H,37,44)(H,38,41). The maximum Gasteiger partial charge on any atom is 0.280 e. The van der Waals surface area contributed by atoms with E-state index >= 15 is 0 Å². The second kappa shape index (κ2) is 14.5. The number of aliphatic imine (C=N–C) groups is 1. The van der Waals surface area contributed by atoms with Gasteiger partial charge in [-0.15, -0.1) is 0 Å². The largest absolute Gasteiger partial charge is 0.508 e. The Morgan fingerprint density at radius 3 is 2.30 bits per heavy atom. The number of phenolic OH excluding ortho intramolecular Hbond substituents is 1. The number of aromatic hydroxyl groups is 1. The molecule has 2 atom stereocenters. The number of aryl methyl sites for hydroxylation is 1. The van der Waals surface area contributed by atoms with Crippen LogP contribution in [0.25, 0.3) is 0 Å². The average Bonchev–Trinajstić information content (AvgIpc) is 3.32. The topological polar surface area (TPSA) is 137 Å². The van der Waals surface area contributed by atoms with Crippen molar-refractivity contribution >= 4 is 86.8 Å². The fourth-order valence-corrected chi connectivity index (χ4v) is 5.50. The van der Waals surface area contributed by atoms with Crippen molar-refractivity contribution in [1.82, 2.24) is 5.43 Å². The summed E-state index contributed by atoms with van der Waals surface area (Å²) < 4.78 is 10.9. The lowest BCUT2D eigenvalue weighted by atomic mass is 10.2. The number of ether oxygens (including phenoxy) is 2. The predicted octanol–water partition coefficient (Wildman–Crippen LogP) is 8.46. The third-order valence-electron chi connectivity index (χ3n) is 6.81. The number of amidine groups is 1. The summed E-state index contributed by atoms with van der Waals surface area (Å²) in [4.78, 5) is 31.3. The second-order valence-electron chi connectivity index (χ2n) is 10.2. The van der Waals surface area contributed by atoms with E-state index in [2.05, 4.69) is 26.0 Å². The molecular weight excluding hydrogens is 690 g/mol. The van der Waals surface area contributed by atoms with Crippen LogP contribution in [0.4, 0.5) is 22.7 Å². The van der Waals surface area contributed by atoms with E-state index in [0.29, 0.717) is 28.4 Å². The molecule has 0 radical (unpaired) electrons. The Morgan fingerprint density at radius 2 is 1.64 bits per heavy atom. The van der Waals surface area contributed by atoms with Gasteiger partial charge in [-0.05, 0) is 92.2 Å². The molecule has 47 heavy (non-hydrogen) atoms. The molecule has 0 aromatic heterocycles. The zero-order chi connectivity index (χ0) is 33.8. The molecule has 11 nitrogen and oxygen atoms in total. The van der Waals surface area contributed by atoms with Gasteiger partial charge in [0.15, 0.2) is 11.9 Å². The van der Waals surface area contributed by atoms with Crippen molar-refractivity contribution < 1.29 is 24.2 Å². The molecule has 1 fully saturated rings. The lowest BCUT2D eigenvalue weighted by Gasteiger charge is -2.19. The normalized spacial score (nSPS) is 16.0. The average molecular weight is 716 g/mol. The second-order valence-corrected chi connectivity index (χ2v) is 11.8. The molecule has 0 bridgehead atoms. The zero-order valence-corrected chi connectivity index (χ0v) is 28.0. The van der Waals surface area contributed by atoms with Gasteiger partial charge in [0.25, 0.3) is 11.8 Å². The number of hydrogen-bond donors (Lipinski definition) is 3. The van der Waals surface area contributed by atoms with Crippen LogP contribution in [0, 0.1) is 6.92 Å². The number of rotatable bonds is 9. The number of methoxy groups -OCH3 is 1. The van der Waals surface area contributed by atoms with Gasteiger partial charge in [-0.3, -0.25) is 15.0 Å². The van der Waals surface area contributed by atoms with Gasteiger partial charge in [-0.25, -0.2) is 10.0 Å². The fraction of sp³-hybridized carbons (Fsp3) is 0.156. The van der Waals surface area contributed by atoms with E-state index < -0.39 is 24.0 Å². The third kappa shape index (κ3) is 7.88. The molecule has 2 amide bonds. The molecule has 1 aliphatic rings. The summed E-state index contributed by atoms with van der Waals surface area (Å²) >= 11 is 25.5. The highest BCUT2D eigenvalue weighted by molar-refractivity contribution is 6.43. The van der Waals surface area contributed by atoms with Crippen LogP contribution in [0.3, 0.4) is 0 Å². The van der Waals surface area contributed by atoms with Crippen molar-refractivity contribution in [2.75, 3.05) is 17.4 Å². The van der Waals surface area contributed by atoms with Gasteiger partial charge in [-0.1, -0.05) is 46.4 Å². The summed E-state index contributed by atoms with van der Waals surface area (Å²) in [5.41, 5.74) is 4.69. The van der Waals surface area contributed by atoms with Crippen molar-refractivity contribution in [3.8, 4) is 17.2 Å². The van der Waals surface area contributed by atoms with E-state index in [1.165, 1.54) is 24.3 Å². The summed E-state index contributed by atoms with van der Waals surface area (Å²) in [5.74, 6) is 0.192. The number of carbonyl (C=O) groups is 2. The summed E-state index contributed by atoms with van der Waals surface area (Å²) in [7, 11) is 1.54. The first-order chi connectivity index (χ1) is 22.4. The number of anilines is 2. The SMILES string of the molecule is COc1ccc(N=NC2C(=O)N(c3c(Cl)cc(Cl)cc3Cl)NC2=Nc2cc(NC(=O)C(C)Oc3ccc(O)c(C)c3)ccc2Cl)cc1. The number of phenols is 1. The van der Waals surface area contributed by atoms with Crippen LogP contribution >= 0.6 is 46.4 Å². The molecule has 242 valence electrons. The summed E-state index contributed by atoms with van der Waals surface area (Å²) in [6, 6.07) is 17.7. The maximum atomic E-state index is 13.7. The number of benzene rings is 4. The van der Waals surface area contributed by atoms with Gasteiger partial charge >= 0.3 is 0 Å². The Labute approximate surface area is 289 Å². The Bertz CT molecular complexity index is 1880. The van der Waals surface area contributed by atoms with Gasteiger partial charge in [0.1, 0.15) is 22.9 Å². The first-order valence-corrected chi connectivity index (χ1v) is 15.4. The highest BCUT2D eigenvalue weighted by Gasteiger charge is 2.41. The van der Waals surface area contributed by atoms with Crippen LogP contribution in [-0.4, -0.2) is 42.0 Å². The van der Waals surface area contributed by atoms with Crippen LogP contribution in [0.2, 0.25) is 20.1 Å². The predicted molar refractivity (Wildman–Crippen MR) is 184 cm³/mol. The van der Waals surface area contributed by atoms with E-state index in [1.807, 2.05) is 0 Å². The number of nitrogens with zero attached hydrogens (tertiary/aromatic N) is 4. The molecule has 1 aliphatic heterocycles. The molecule has 0 saturated carbocycles. The number of halogens is 4. The Kier molecular flexibility index (Phi) is 10.4. The van der Waals surface area contributed by atoms with Crippen molar-refractivity contribution in [3.05, 3.63) is 98.5 Å². The Balaban J connectivity index is 1.44. The van der Waals surface area contributed by atoms with Crippen LogP contribution < -0.4 is 25.2 Å². The molecule has 1 saturated heterocycles. The monoisotopic (exact) mass is 714 g/mol. The lowest BCUT2D eigenvalue weighted by molar-refractivity contribution is -0.122. The number of hydrogen-bond acceptors (Lipinski definition) is 8. The van der Waals surface area contributed by atoms with E-state index in [0.717, 1.165) is 5.01 Å². The van der Waals surface area contributed by atoms with E-state index in [-0.39, 0.29) is 43.1 Å². The van der Waals surface area contributed by atoms with E-state index in [1.54, 1.807) is 69.5 Å². The molecular formula is C32H26Cl4N6O5. The number of carbonyl (C=O) groups excluding carboxylic acids is 2. The summed E-state index contributed by atoms with van der Waals surface area (Å²) in [6.45, 7) is 3.31. The molecule has 1 heterocycles. The van der Waals surface area contributed by atoms with Gasteiger partial charge < -0.3 is 19.9 Å². The van der Waals surface area contributed by atoms with Crippen LogP contribution in [0.15, 0.2) is 88.0 Å². The highest BCUT2D eigenvalue weighted by atomic mass is 35.5. The minimum atomic E-state index is -1.25. The molecule has 4 aromatic rings. The minimum Gasteiger partial charge on any atom is -0.508 e. The van der Waals surface area contributed by atoms with Crippen molar-refractivity contribution in [2.24, 2.45) is 15.2 Å². The fourth-order valence-electron chi connectivity index (χ4n) is 4.36. The van der Waals surface area contributed by atoms with Gasteiger partial charge in [0.05, 0.1) is 33.6 Å². The van der Waals surface area contributed by atoms with Crippen LogP contribution in [-0.2, 0) is 9.59 Å². The molecule has 0 aliphatic carbocycles. The number of amides is 2. The van der Waals surface area contributed by atoms with Gasteiger partial charge in [0, 0.05) is 10.7 Å². The lowest BCUT2D eigenvalue weighted by Crippen LogP contribution is -2.36. The smallest absolute Gasteiger partial charge is 0.280 e. The minimum absolute atomic E-state index is 0.0547. The Morgan fingerprint density at radius 1 is 0.957 bits per heavy atom. The van der Waals surface area contributed by atoms with Crippen molar-refractivity contribution in [1.29, 1.82) is 0 Å². The molecule has 15 heteroatoms. The Hall–Kier alpha value is -4.55. The molecule has 4 aromatic carbocycles. The number of azo groups is 1. The van der Waals surface area contributed by atoms with Gasteiger partial charge in [0.2, 0.25) is 6.04 Å². The number of hydrazine groups is 1. The quantitative estimate of drug-likeness (QED) is 0.149. The maximum absolute atomic E-state index is 13.7.